The summed E-state index contributed by atoms with van der Waals surface area (Å²) in [5, 5.41) is 13.3. The van der Waals surface area contributed by atoms with Gasteiger partial charge in [-0.3, -0.25) is 9.69 Å². The van der Waals surface area contributed by atoms with Gasteiger partial charge in [0.2, 0.25) is 17.7 Å². The molecular formula is C20H29N5O2S. The van der Waals surface area contributed by atoms with Crippen LogP contribution in [0.2, 0.25) is 0 Å². The molecule has 152 valence electrons. The minimum atomic E-state index is -0.335. The van der Waals surface area contributed by atoms with Gasteiger partial charge in [0.15, 0.2) is 0 Å². The Bertz CT molecular complexity index is 805. The van der Waals surface area contributed by atoms with Crippen LogP contribution in [0.1, 0.15) is 63.4 Å². The first kappa shape index (κ1) is 19.5. The van der Waals surface area contributed by atoms with Crippen molar-refractivity contribution < 1.29 is 9.21 Å². The molecule has 0 aliphatic carbocycles. The van der Waals surface area contributed by atoms with E-state index >= 15 is 0 Å². The molecule has 2 aliphatic rings. The summed E-state index contributed by atoms with van der Waals surface area (Å²) in [6.45, 7) is 7.42. The van der Waals surface area contributed by atoms with E-state index in [1.54, 1.807) is 11.3 Å². The maximum Gasteiger partial charge on any atom is 0.230 e. The molecule has 0 spiro atoms. The number of thiazole rings is 1. The topological polar surface area (TPSA) is 84.2 Å². The number of hydrogen-bond donors (Lipinski definition) is 1. The van der Waals surface area contributed by atoms with Gasteiger partial charge >= 0.3 is 0 Å². The van der Waals surface area contributed by atoms with E-state index in [4.69, 9.17) is 4.42 Å². The standard InChI is InChI=1S/C20H29N5O2S/c1-13(2)6-7-20(19(26)21-9-15-11-28-12-22-15)8-16-4-5-17(20)25(16)10-18-24-23-14(3)27-18/h11-13,16-17H,4-10H2,1-3H3,(H,21,26)/t16-,17+,20+/m1/s1. The van der Waals surface area contributed by atoms with Gasteiger partial charge in [0, 0.05) is 24.4 Å². The van der Waals surface area contributed by atoms with Crippen molar-refractivity contribution in [2.45, 2.75) is 78.0 Å². The maximum atomic E-state index is 13.5. The first-order valence-electron chi connectivity index (χ1n) is 10.2. The summed E-state index contributed by atoms with van der Waals surface area (Å²) >= 11 is 1.56. The Kier molecular flexibility index (Phi) is 5.51. The van der Waals surface area contributed by atoms with Crippen molar-refractivity contribution in [3.8, 4) is 0 Å². The predicted molar refractivity (Wildman–Crippen MR) is 106 cm³/mol. The Hall–Kier alpha value is -1.80. The Balaban J connectivity index is 1.52. The van der Waals surface area contributed by atoms with E-state index in [9.17, 15) is 4.79 Å². The number of nitrogens with zero attached hydrogens (tertiary/aromatic N) is 4. The average Bonchev–Trinajstić information content (AvgIpc) is 3.44. The second-order valence-corrected chi connectivity index (χ2v) is 9.31. The number of carbonyl (C=O) groups excluding carboxylic acids is 1. The van der Waals surface area contributed by atoms with Crippen molar-refractivity contribution >= 4 is 17.2 Å². The first-order chi connectivity index (χ1) is 13.5. The SMILES string of the molecule is Cc1nnc(CN2[C@@H]3CC[C@H]2[C@@](CCC(C)C)(C(=O)NCc2cscn2)C3)o1. The van der Waals surface area contributed by atoms with Gasteiger partial charge in [-0.25, -0.2) is 4.98 Å². The fourth-order valence-corrected chi connectivity index (χ4v) is 5.51. The van der Waals surface area contributed by atoms with Crippen LogP contribution in [-0.4, -0.2) is 38.1 Å². The van der Waals surface area contributed by atoms with E-state index in [0.29, 0.717) is 36.8 Å². The number of nitrogens with one attached hydrogen (secondary N) is 1. The second-order valence-electron chi connectivity index (χ2n) is 8.59. The number of aromatic nitrogens is 3. The molecule has 1 N–H and O–H groups in total. The molecule has 3 atom stereocenters. The molecule has 8 heteroatoms. The van der Waals surface area contributed by atoms with Gasteiger partial charge in [-0.1, -0.05) is 13.8 Å². The Morgan fingerprint density at radius 2 is 2.29 bits per heavy atom. The lowest BCUT2D eigenvalue weighted by Crippen LogP contribution is -2.49. The summed E-state index contributed by atoms with van der Waals surface area (Å²) in [7, 11) is 0. The molecule has 2 saturated heterocycles. The highest BCUT2D eigenvalue weighted by atomic mass is 32.1. The molecule has 2 aromatic rings. The van der Waals surface area contributed by atoms with Crippen LogP contribution in [-0.2, 0) is 17.9 Å². The van der Waals surface area contributed by atoms with E-state index in [2.05, 4.69) is 39.2 Å². The van der Waals surface area contributed by atoms with Crippen molar-refractivity contribution in [1.29, 1.82) is 0 Å². The first-order valence-corrected chi connectivity index (χ1v) is 11.1. The fraction of sp³-hybridized carbons (Fsp3) is 0.700. The zero-order valence-corrected chi connectivity index (χ0v) is 17.7. The predicted octanol–water partition coefficient (Wildman–Crippen LogP) is 3.31. The van der Waals surface area contributed by atoms with Crippen molar-refractivity contribution in [2.75, 3.05) is 0 Å². The minimum Gasteiger partial charge on any atom is -0.424 e. The smallest absolute Gasteiger partial charge is 0.230 e. The second kappa shape index (κ2) is 7.91. The lowest BCUT2D eigenvalue weighted by Gasteiger charge is -2.37. The van der Waals surface area contributed by atoms with Crippen LogP contribution >= 0.6 is 11.3 Å². The highest BCUT2D eigenvalue weighted by Gasteiger charge is 2.59. The van der Waals surface area contributed by atoms with E-state index in [-0.39, 0.29) is 17.4 Å². The summed E-state index contributed by atoms with van der Waals surface area (Å²) in [5.74, 6) is 2.00. The third-order valence-electron chi connectivity index (χ3n) is 6.30. The molecule has 2 aromatic heterocycles. The van der Waals surface area contributed by atoms with Gasteiger partial charge < -0.3 is 9.73 Å². The van der Waals surface area contributed by atoms with Gasteiger partial charge in [0.25, 0.3) is 0 Å². The molecule has 4 rings (SSSR count). The normalized spacial score (nSPS) is 27.0. The van der Waals surface area contributed by atoms with Gasteiger partial charge in [0.05, 0.1) is 29.7 Å². The molecule has 7 nitrogen and oxygen atoms in total. The van der Waals surface area contributed by atoms with Crippen LogP contribution in [0.25, 0.3) is 0 Å². The van der Waals surface area contributed by atoms with Crippen LogP contribution in [0.15, 0.2) is 15.3 Å². The van der Waals surface area contributed by atoms with Gasteiger partial charge in [0.1, 0.15) is 0 Å². The number of hydrogen-bond acceptors (Lipinski definition) is 7. The van der Waals surface area contributed by atoms with Crippen LogP contribution in [0.4, 0.5) is 0 Å². The Morgan fingerprint density at radius 1 is 1.43 bits per heavy atom. The molecule has 0 unspecified atom stereocenters. The van der Waals surface area contributed by atoms with Crippen molar-refractivity contribution in [1.82, 2.24) is 25.4 Å². The molecule has 1 amide bonds. The van der Waals surface area contributed by atoms with Gasteiger partial charge in [-0.15, -0.1) is 21.5 Å². The molecule has 2 aliphatic heterocycles. The van der Waals surface area contributed by atoms with E-state index in [1.807, 2.05) is 17.8 Å². The Morgan fingerprint density at radius 3 is 2.96 bits per heavy atom. The third-order valence-corrected chi connectivity index (χ3v) is 6.93. The molecule has 2 bridgehead atoms. The quantitative estimate of drug-likeness (QED) is 0.728. The maximum absolute atomic E-state index is 13.5. The van der Waals surface area contributed by atoms with Crippen LogP contribution < -0.4 is 5.32 Å². The molecule has 4 heterocycles. The molecule has 0 aromatic carbocycles. The zero-order chi connectivity index (χ0) is 19.7. The summed E-state index contributed by atoms with van der Waals surface area (Å²) in [6, 6.07) is 0.647. The van der Waals surface area contributed by atoms with Gasteiger partial charge in [-0.2, -0.15) is 0 Å². The Labute approximate surface area is 169 Å². The summed E-state index contributed by atoms with van der Waals surface area (Å²) < 4.78 is 5.62. The zero-order valence-electron chi connectivity index (χ0n) is 16.9. The lowest BCUT2D eigenvalue weighted by atomic mass is 9.69. The van der Waals surface area contributed by atoms with Crippen molar-refractivity contribution in [3.63, 3.8) is 0 Å². The summed E-state index contributed by atoms with van der Waals surface area (Å²) in [5.41, 5.74) is 2.40. The van der Waals surface area contributed by atoms with Gasteiger partial charge in [-0.05, 0) is 38.0 Å². The van der Waals surface area contributed by atoms with Crippen molar-refractivity contribution in [2.24, 2.45) is 11.3 Å². The number of aryl methyl sites for hydroxylation is 1. The third kappa shape index (κ3) is 3.72. The molecule has 0 radical (unpaired) electrons. The lowest BCUT2D eigenvalue weighted by molar-refractivity contribution is -0.134. The largest absolute Gasteiger partial charge is 0.424 e. The molecular weight excluding hydrogens is 374 g/mol. The van der Waals surface area contributed by atoms with E-state index in [0.717, 1.165) is 37.8 Å². The number of rotatable bonds is 8. The van der Waals surface area contributed by atoms with Crippen LogP contribution in [0.5, 0.6) is 0 Å². The summed E-state index contributed by atoms with van der Waals surface area (Å²) in [6.07, 6.45) is 5.09. The number of amides is 1. The number of fused-ring (bicyclic) bond motifs is 2. The number of carbonyl (C=O) groups is 1. The van der Waals surface area contributed by atoms with Crippen LogP contribution in [0.3, 0.4) is 0 Å². The van der Waals surface area contributed by atoms with Crippen molar-refractivity contribution in [3.05, 3.63) is 28.4 Å². The fourth-order valence-electron chi connectivity index (χ4n) is 4.95. The summed E-state index contributed by atoms with van der Waals surface area (Å²) in [4.78, 5) is 20.2. The average molecular weight is 404 g/mol. The molecule has 2 fully saturated rings. The van der Waals surface area contributed by atoms with E-state index in [1.165, 1.54) is 0 Å². The van der Waals surface area contributed by atoms with Crippen LogP contribution in [0, 0.1) is 18.3 Å². The van der Waals surface area contributed by atoms with E-state index < -0.39 is 0 Å². The highest BCUT2D eigenvalue weighted by Crippen LogP contribution is 2.53. The highest BCUT2D eigenvalue weighted by molar-refractivity contribution is 7.07. The minimum absolute atomic E-state index is 0.181. The monoisotopic (exact) mass is 403 g/mol. The molecule has 28 heavy (non-hydrogen) atoms. The molecule has 0 saturated carbocycles.